The molecule has 0 radical (unpaired) electrons. The molecular formula is C16H19F2N5OS. The fraction of sp³-hybridized carbons (Fsp3) is 0.500. The number of carbonyl (C=O) groups excluding carboxylic acids is 1. The van der Waals surface area contributed by atoms with Gasteiger partial charge >= 0.3 is 0 Å². The van der Waals surface area contributed by atoms with Crippen molar-refractivity contribution in [3.05, 3.63) is 29.8 Å². The second-order valence-electron chi connectivity index (χ2n) is 6.07. The predicted molar refractivity (Wildman–Crippen MR) is 90.2 cm³/mol. The van der Waals surface area contributed by atoms with E-state index in [0.717, 1.165) is 37.8 Å². The Kier molecular flexibility index (Phi) is 5.62. The summed E-state index contributed by atoms with van der Waals surface area (Å²) in [5.74, 6) is -1.89. The number of thioether (sulfide) groups is 1. The van der Waals surface area contributed by atoms with Gasteiger partial charge in [0.25, 0.3) is 0 Å². The summed E-state index contributed by atoms with van der Waals surface area (Å²) in [6.45, 7) is 1.70. The molecule has 0 saturated heterocycles. The normalized spacial score (nSPS) is 16.6. The van der Waals surface area contributed by atoms with Crippen LogP contribution >= 0.6 is 11.8 Å². The molecular weight excluding hydrogens is 348 g/mol. The number of nitrogens with zero attached hydrogens (tertiary/aromatic N) is 4. The second kappa shape index (κ2) is 7.90. The van der Waals surface area contributed by atoms with E-state index in [-0.39, 0.29) is 11.7 Å². The van der Waals surface area contributed by atoms with Crippen LogP contribution in [0.4, 0.5) is 14.5 Å². The van der Waals surface area contributed by atoms with Crippen molar-refractivity contribution in [2.75, 3.05) is 5.32 Å². The van der Waals surface area contributed by atoms with Gasteiger partial charge in [-0.25, -0.2) is 13.5 Å². The third-order valence-corrected chi connectivity index (χ3v) is 5.27. The smallest absolute Gasteiger partial charge is 0.237 e. The molecule has 3 rings (SSSR count). The number of hydrogen-bond donors (Lipinski definition) is 1. The minimum absolute atomic E-state index is 0.0503. The minimum Gasteiger partial charge on any atom is -0.323 e. The van der Waals surface area contributed by atoms with Crippen LogP contribution < -0.4 is 5.32 Å². The van der Waals surface area contributed by atoms with E-state index < -0.39 is 22.8 Å². The average molecular weight is 367 g/mol. The van der Waals surface area contributed by atoms with Crippen LogP contribution in [0, 0.1) is 11.6 Å². The maximum Gasteiger partial charge on any atom is 0.237 e. The van der Waals surface area contributed by atoms with Crippen LogP contribution in [0.2, 0.25) is 0 Å². The van der Waals surface area contributed by atoms with Gasteiger partial charge in [-0.3, -0.25) is 4.79 Å². The van der Waals surface area contributed by atoms with Crippen molar-refractivity contribution in [3.8, 4) is 0 Å². The topological polar surface area (TPSA) is 72.7 Å². The van der Waals surface area contributed by atoms with E-state index in [1.807, 2.05) is 0 Å². The minimum atomic E-state index is -0.808. The van der Waals surface area contributed by atoms with Crippen molar-refractivity contribution in [2.24, 2.45) is 0 Å². The molecule has 1 aromatic heterocycles. The maximum absolute atomic E-state index is 13.7. The van der Waals surface area contributed by atoms with E-state index in [4.69, 9.17) is 0 Å². The highest BCUT2D eigenvalue weighted by Gasteiger charge is 2.24. The molecule has 25 heavy (non-hydrogen) atoms. The van der Waals surface area contributed by atoms with Gasteiger partial charge in [0.05, 0.1) is 17.0 Å². The largest absolute Gasteiger partial charge is 0.323 e. The zero-order chi connectivity index (χ0) is 17.8. The van der Waals surface area contributed by atoms with Crippen molar-refractivity contribution >= 4 is 23.4 Å². The van der Waals surface area contributed by atoms with Gasteiger partial charge in [-0.05, 0) is 42.3 Å². The van der Waals surface area contributed by atoms with Gasteiger partial charge in [-0.2, -0.15) is 0 Å². The van der Waals surface area contributed by atoms with Gasteiger partial charge < -0.3 is 5.32 Å². The Morgan fingerprint density at radius 3 is 2.80 bits per heavy atom. The van der Waals surface area contributed by atoms with Crippen LogP contribution in [0.25, 0.3) is 0 Å². The SMILES string of the molecule is CC(Sc1nnnn1C1CCCCC1)C(=O)Nc1ccc(F)cc1F. The van der Waals surface area contributed by atoms with E-state index in [2.05, 4.69) is 20.8 Å². The van der Waals surface area contributed by atoms with Crippen molar-refractivity contribution in [1.82, 2.24) is 20.2 Å². The van der Waals surface area contributed by atoms with Crippen molar-refractivity contribution < 1.29 is 13.6 Å². The molecule has 0 spiro atoms. The second-order valence-corrected chi connectivity index (χ2v) is 7.38. The molecule has 134 valence electrons. The molecule has 1 aliphatic rings. The number of benzene rings is 1. The molecule has 1 heterocycles. The van der Waals surface area contributed by atoms with Crippen molar-refractivity contribution in [1.29, 1.82) is 0 Å². The van der Waals surface area contributed by atoms with E-state index in [1.54, 1.807) is 11.6 Å². The Hall–Kier alpha value is -2.03. The van der Waals surface area contributed by atoms with Crippen molar-refractivity contribution in [2.45, 2.75) is 55.5 Å². The lowest BCUT2D eigenvalue weighted by atomic mass is 9.96. The average Bonchev–Trinajstić information content (AvgIpc) is 3.06. The number of aromatic nitrogens is 4. The quantitative estimate of drug-likeness (QED) is 0.818. The molecule has 2 aromatic rings. The number of nitrogens with one attached hydrogen (secondary N) is 1. The fourth-order valence-corrected chi connectivity index (χ4v) is 3.71. The lowest BCUT2D eigenvalue weighted by molar-refractivity contribution is -0.115. The van der Waals surface area contributed by atoms with Crippen LogP contribution in [0.3, 0.4) is 0 Å². The monoisotopic (exact) mass is 367 g/mol. The molecule has 1 amide bonds. The van der Waals surface area contributed by atoms with E-state index in [9.17, 15) is 13.6 Å². The fourth-order valence-electron chi connectivity index (χ4n) is 2.85. The summed E-state index contributed by atoms with van der Waals surface area (Å²) in [6, 6.07) is 3.29. The Morgan fingerprint density at radius 1 is 1.32 bits per heavy atom. The van der Waals surface area contributed by atoms with Crippen LogP contribution in [0.5, 0.6) is 0 Å². The number of tetrazole rings is 1. The van der Waals surface area contributed by atoms with Crippen LogP contribution in [0.15, 0.2) is 23.4 Å². The van der Waals surface area contributed by atoms with E-state index in [1.165, 1.54) is 24.2 Å². The molecule has 1 fully saturated rings. The number of anilines is 1. The van der Waals surface area contributed by atoms with Gasteiger partial charge in [-0.15, -0.1) is 5.10 Å². The molecule has 1 N–H and O–H groups in total. The van der Waals surface area contributed by atoms with Gasteiger partial charge in [-0.1, -0.05) is 31.0 Å². The third-order valence-electron chi connectivity index (χ3n) is 4.22. The number of hydrogen-bond acceptors (Lipinski definition) is 5. The van der Waals surface area contributed by atoms with Gasteiger partial charge in [0, 0.05) is 6.07 Å². The third kappa shape index (κ3) is 4.33. The van der Waals surface area contributed by atoms with E-state index in [0.29, 0.717) is 5.16 Å². The molecule has 0 bridgehead atoms. The first-order valence-corrected chi connectivity index (χ1v) is 9.13. The summed E-state index contributed by atoms with van der Waals surface area (Å²) in [6.07, 6.45) is 5.58. The Balaban J connectivity index is 1.65. The maximum atomic E-state index is 13.7. The zero-order valence-corrected chi connectivity index (χ0v) is 14.6. The Bertz CT molecular complexity index is 748. The highest BCUT2D eigenvalue weighted by molar-refractivity contribution is 8.00. The van der Waals surface area contributed by atoms with Crippen molar-refractivity contribution in [3.63, 3.8) is 0 Å². The summed E-state index contributed by atoms with van der Waals surface area (Å²) in [5.41, 5.74) is -0.0503. The highest BCUT2D eigenvalue weighted by atomic mass is 32.2. The van der Waals surface area contributed by atoms with Crippen LogP contribution in [-0.4, -0.2) is 31.4 Å². The molecule has 9 heteroatoms. The summed E-state index contributed by atoms with van der Waals surface area (Å²) in [5, 5.41) is 14.3. The molecule has 1 atom stereocenters. The Morgan fingerprint density at radius 2 is 2.08 bits per heavy atom. The lowest BCUT2D eigenvalue weighted by Gasteiger charge is -2.22. The molecule has 0 aliphatic heterocycles. The molecule has 1 saturated carbocycles. The van der Waals surface area contributed by atoms with Gasteiger partial charge in [0.1, 0.15) is 11.6 Å². The number of carbonyl (C=O) groups is 1. The molecule has 1 aliphatic carbocycles. The predicted octanol–water partition coefficient (Wildman–Crippen LogP) is 3.58. The molecule has 1 unspecified atom stereocenters. The number of amides is 1. The van der Waals surface area contributed by atoms with Gasteiger partial charge in [0.15, 0.2) is 0 Å². The summed E-state index contributed by atoms with van der Waals surface area (Å²) >= 11 is 1.23. The van der Waals surface area contributed by atoms with Crippen LogP contribution in [-0.2, 0) is 4.79 Å². The van der Waals surface area contributed by atoms with E-state index >= 15 is 0 Å². The summed E-state index contributed by atoms with van der Waals surface area (Å²) in [7, 11) is 0. The first-order chi connectivity index (χ1) is 12.0. The molecule has 1 aromatic carbocycles. The number of rotatable bonds is 5. The first kappa shape index (κ1) is 17.8. The van der Waals surface area contributed by atoms with Crippen LogP contribution in [0.1, 0.15) is 45.1 Å². The van der Waals surface area contributed by atoms with Gasteiger partial charge in [0.2, 0.25) is 11.1 Å². The summed E-state index contributed by atoms with van der Waals surface area (Å²) < 4.78 is 28.4. The first-order valence-electron chi connectivity index (χ1n) is 8.25. The lowest BCUT2D eigenvalue weighted by Crippen LogP contribution is -2.24. The standard InChI is InChI=1S/C16H19F2N5OS/c1-10(15(24)19-14-8-7-11(17)9-13(14)18)25-16-20-21-22-23(16)12-5-3-2-4-6-12/h7-10,12H,2-6H2,1H3,(H,19,24). The summed E-state index contributed by atoms with van der Waals surface area (Å²) in [4.78, 5) is 12.3. The Labute approximate surface area is 148 Å². The highest BCUT2D eigenvalue weighted by Crippen LogP contribution is 2.31. The number of halogens is 2. The molecule has 6 nitrogen and oxygen atoms in total. The zero-order valence-electron chi connectivity index (χ0n) is 13.8.